The van der Waals surface area contributed by atoms with Gasteiger partial charge < -0.3 is 14.2 Å². The minimum Gasteiger partial charge on any atom is -0.491 e. The first-order chi connectivity index (χ1) is 14.1. The van der Waals surface area contributed by atoms with Crippen LogP contribution < -0.4 is 4.74 Å². The molecule has 1 aliphatic carbocycles. The minimum absolute atomic E-state index is 0.00458. The fraction of sp³-hybridized carbons (Fsp3) is 0.667. The lowest BCUT2D eigenvalue weighted by Crippen LogP contribution is -2.30. The molecule has 2 fully saturated rings. The van der Waals surface area contributed by atoms with Crippen LogP contribution in [0.25, 0.3) is 0 Å². The van der Waals surface area contributed by atoms with Crippen molar-refractivity contribution in [3.05, 3.63) is 42.0 Å². The lowest BCUT2D eigenvalue weighted by atomic mass is 9.79. The molecule has 29 heavy (non-hydrogen) atoms. The summed E-state index contributed by atoms with van der Waals surface area (Å²) in [7, 11) is 0. The average molecular weight is 409 g/mol. The van der Waals surface area contributed by atoms with Crippen LogP contribution in [0.5, 0.6) is 5.75 Å². The van der Waals surface area contributed by atoms with E-state index in [1.807, 2.05) is 6.08 Å². The Morgan fingerprint density at radius 2 is 1.83 bits per heavy atom. The molecule has 0 amide bonds. The highest BCUT2D eigenvalue weighted by Gasteiger charge is 2.28. The van der Waals surface area contributed by atoms with Gasteiger partial charge in [-0.25, -0.2) is 4.39 Å². The van der Waals surface area contributed by atoms with E-state index in [1.54, 1.807) is 19.1 Å². The third-order valence-corrected chi connectivity index (χ3v) is 6.29. The highest BCUT2D eigenvalue weighted by Crippen LogP contribution is 2.39. The molecule has 1 heterocycles. The largest absolute Gasteiger partial charge is 0.491 e. The van der Waals surface area contributed by atoms with Gasteiger partial charge in [0.25, 0.3) is 0 Å². The van der Waals surface area contributed by atoms with E-state index in [2.05, 4.69) is 6.58 Å². The van der Waals surface area contributed by atoms with Gasteiger partial charge >= 0.3 is 0 Å². The summed E-state index contributed by atoms with van der Waals surface area (Å²) in [5, 5.41) is 0. The summed E-state index contributed by atoms with van der Waals surface area (Å²) < 4.78 is 45.7. The summed E-state index contributed by atoms with van der Waals surface area (Å²) in [5.41, 5.74) is 0.478. The second-order valence-corrected chi connectivity index (χ2v) is 8.34. The van der Waals surface area contributed by atoms with Gasteiger partial charge in [0.1, 0.15) is 0 Å². The van der Waals surface area contributed by atoms with Crippen molar-refractivity contribution in [1.29, 1.82) is 0 Å². The summed E-state index contributed by atoms with van der Waals surface area (Å²) in [6, 6.07) is 3.23. The molecule has 1 aliphatic heterocycles. The monoisotopic (exact) mass is 408 g/mol. The zero-order chi connectivity index (χ0) is 20.6. The molecule has 1 saturated carbocycles. The molecule has 0 aromatic heterocycles. The normalized spacial score (nSPS) is 27.6. The molecule has 162 valence electrons. The topological polar surface area (TPSA) is 27.7 Å². The molecule has 0 spiro atoms. The van der Waals surface area contributed by atoms with Crippen LogP contribution in [-0.2, 0) is 9.47 Å². The molecule has 0 bridgehead atoms. The molecule has 0 N–H and O–H groups in total. The van der Waals surface area contributed by atoms with Crippen molar-refractivity contribution < 1.29 is 23.0 Å². The Morgan fingerprint density at radius 3 is 2.48 bits per heavy atom. The summed E-state index contributed by atoms with van der Waals surface area (Å²) in [5.74, 6) is -0.479. The quantitative estimate of drug-likeness (QED) is 0.444. The number of halogens is 2. The van der Waals surface area contributed by atoms with Crippen molar-refractivity contribution in [2.75, 3.05) is 19.8 Å². The van der Waals surface area contributed by atoms with Gasteiger partial charge in [-0.15, -0.1) is 6.58 Å². The van der Waals surface area contributed by atoms with E-state index >= 15 is 0 Å². The molecule has 5 heteroatoms. The number of ether oxygens (including phenoxy) is 3. The van der Waals surface area contributed by atoms with Gasteiger partial charge in [-0.05, 0) is 87.7 Å². The van der Waals surface area contributed by atoms with E-state index < -0.39 is 11.6 Å². The predicted octanol–water partition coefficient (Wildman–Crippen LogP) is 6.37. The molecule has 1 saturated heterocycles. The zero-order valence-corrected chi connectivity index (χ0v) is 17.5. The Kier molecular flexibility index (Phi) is 8.49. The highest BCUT2D eigenvalue weighted by molar-refractivity contribution is 5.33. The maximum Gasteiger partial charge on any atom is 0.200 e. The van der Waals surface area contributed by atoms with Gasteiger partial charge in [0, 0.05) is 0 Å². The maximum atomic E-state index is 14.5. The van der Waals surface area contributed by atoms with Crippen LogP contribution in [0.4, 0.5) is 8.78 Å². The van der Waals surface area contributed by atoms with Crippen molar-refractivity contribution in [2.45, 2.75) is 70.5 Å². The number of rotatable bonds is 9. The van der Waals surface area contributed by atoms with E-state index in [-0.39, 0.29) is 18.0 Å². The third-order valence-electron chi connectivity index (χ3n) is 6.29. The van der Waals surface area contributed by atoms with E-state index in [0.717, 1.165) is 58.0 Å². The van der Waals surface area contributed by atoms with Crippen molar-refractivity contribution in [1.82, 2.24) is 0 Å². The number of allylic oxidation sites excluding steroid dienone is 1. The van der Waals surface area contributed by atoms with Crippen LogP contribution in [0.1, 0.15) is 69.8 Å². The van der Waals surface area contributed by atoms with E-state index in [1.165, 1.54) is 0 Å². The number of hydrogen-bond donors (Lipinski definition) is 0. The second-order valence-electron chi connectivity index (χ2n) is 8.34. The molecular formula is C24H34F2O3. The Balaban J connectivity index is 1.41. The molecular weight excluding hydrogens is 374 g/mol. The minimum atomic E-state index is -0.865. The lowest BCUT2D eigenvalue weighted by molar-refractivity contribution is -0.183. The molecule has 1 aromatic rings. The van der Waals surface area contributed by atoms with Crippen molar-refractivity contribution in [3.63, 3.8) is 0 Å². The van der Waals surface area contributed by atoms with Gasteiger partial charge in [-0.1, -0.05) is 12.1 Å². The van der Waals surface area contributed by atoms with Crippen molar-refractivity contribution in [3.8, 4) is 5.75 Å². The summed E-state index contributed by atoms with van der Waals surface area (Å²) in [6.45, 7) is 7.32. The molecule has 2 atom stereocenters. The lowest BCUT2D eigenvalue weighted by Gasteiger charge is -2.32. The molecule has 0 radical (unpaired) electrons. The van der Waals surface area contributed by atoms with Crippen LogP contribution >= 0.6 is 0 Å². The molecule has 1 aromatic carbocycles. The van der Waals surface area contributed by atoms with Crippen LogP contribution in [0.15, 0.2) is 24.8 Å². The molecule has 2 unspecified atom stereocenters. The smallest absolute Gasteiger partial charge is 0.200 e. The SMILES string of the molecule is C=CCCC1CCC(OCC2CCC(c3ccc(OCC)c(F)c3F)CC2)OC1. The summed E-state index contributed by atoms with van der Waals surface area (Å²) in [6.07, 6.45) is 9.80. The predicted molar refractivity (Wildman–Crippen MR) is 110 cm³/mol. The Labute approximate surface area is 173 Å². The third kappa shape index (κ3) is 6.02. The molecule has 3 nitrogen and oxygen atoms in total. The van der Waals surface area contributed by atoms with Gasteiger partial charge in [-0.2, -0.15) is 4.39 Å². The van der Waals surface area contributed by atoms with Gasteiger partial charge in [0.05, 0.1) is 19.8 Å². The van der Waals surface area contributed by atoms with Crippen LogP contribution in [-0.4, -0.2) is 26.1 Å². The van der Waals surface area contributed by atoms with E-state index in [4.69, 9.17) is 14.2 Å². The summed E-state index contributed by atoms with van der Waals surface area (Å²) in [4.78, 5) is 0. The molecule has 2 aliphatic rings. The maximum absolute atomic E-state index is 14.5. The highest BCUT2D eigenvalue weighted by atomic mass is 19.2. The fourth-order valence-electron chi connectivity index (χ4n) is 4.51. The van der Waals surface area contributed by atoms with Gasteiger partial charge in [-0.3, -0.25) is 0 Å². The standard InChI is InChI=1S/C24H34F2O3/c1-3-5-6-17-9-14-22(28-15-17)29-16-18-7-10-19(11-8-18)20-12-13-21(27-4-2)24(26)23(20)25/h3,12-13,17-19,22H,1,4-11,14-16H2,2H3. The first kappa shape index (κ1) is 22.2. The number of benzene rings is 1. The van der Waals surface area contributed by atoms with E-state index in [9.17, 15) is 8.78 Å². The Bertz CT molecular complexity index is 648. The molecule has 3 rings (SSSR count). The Hall–Kier alpha value is -1.46. The first-order valence-corrected chi connectivity index (χ1v) is 11.1. The number of hydrogen-bond acceptors (Lipinski definition) is 3. The van der Waals surface area contributed by atoms with Crippen LogP contribution in [0, 0.1) is 23.5 Å². The zero-order valence-electron chi connectivity index (χ0n) is 17.5. The van der Waals surface area contributed by atoms with E-state index in [0.29, 0.717) is 30.6 Å². The average Bonchev–Trinajstić information content (AvgIpc) is 2.75. The van der Waals surface area contributed by atoms with Crippen LogP contribution in [0.2, 0.25) is 0 Å². The summed E-state index contributed by atoms with van der Waals surface area (Å²) >= 11 is 0. The van der Waals surface area contributed by atoms with Gasteiger partial charge in [0.15, 0.2) is 17.9 Å². The fourth-order valence-corrected chi connectivity index (χ4v) is 4.51. The first-order valence-electron chi connectivity index (χ1n) is 11.1. The van der Waals surface area contributed by atoms with Crippen molar-refractivity contribution >= 4 is 0 Å². The second kappa shape index (κ2) is 11.1. The Morgan fingerprint density at radius 1 is 1.07 bits per heavy atom. The van der Waals surface area contributed by atoms with Gasteiger partial charge in [0.2, 0.25) is 5.82 Å². The van der Waals surface area contributed by atoms with Crippen molar-refractivity contribution in [2.24, 2.45) is 11.8 Å². The van der Waals surface area contributed by atoms with Crippen LogP contribution in [0.3, 0.4) is 0 Å².